The Balaban J connectivity index is 1.83. The molecule has 0 saturated carbocycles. The standard InChI is InChI=1S/C13H12N4O4/c1-7-10(8(2)21-16-7)6-14-13-15-11-4-3-9(17(18)19)5-12(11)20-13/h3-5H,6H2,1-2H3,(H,14,15). The second kappa shape index (κ2) is 4.89. The van der Waals surface area contributed by atoms with Gasteiger partial charge < -0.3 is 14.3 Å². The molecule has 0 aliphatic carbocycles. The molecule has 108 valence electrons. The molecule has 0 aliphatic heterocycles. The van der Waals surface area contributed by atoms with Crippen LogP contribution in [0.25, 0.3) is 11.1 Å². The van der Waals surface area contributed by atoms with Gasteiger partial charge in [-0.1, -0.05) is 5.16 Å². The second-order valence-electron chi connectivity index (χ2n) is 4.58. The van der Waals surface area contributed by atoms with E-state index in [-0.39, 0.29) is 5.69 Å². The van der Waals surface area contributed by atoms with Gasteiger partial charge in [0, 0.05) is 18.2 Å². The van der Waals surface area contributed by atoms with Crippen LogP contribution >= 0.6 is 0 Å². The number of oxazole rings is 1. The van der Waals surface area contributed by atoms with Gasteiger partial charge in [-0.2, -0.15) is 4.98 Å². The highest BCUT2D eigenvalue weighted by Gasteiger charge is 2.13. The number of hydrogen-bond acceptors (Lipinski definition) is 7. The third kappa shape index (κ3) is 2.42. The van der Waals surface area contributed by atoms with Crippen LogP contribution in [0.15, 0.2) is 27.1 Å². The Kier molecular flexibility index (Phi) is 3.05. The fourth-order valence-electron chi connectivity index (χ4n) is 2.02. The number of aromatic nitrogens is 2. The van der Waals surface area contributed by atoms with E-state index in [9.17, 15) is 10.1 Å². The summed E-state index contributed by atoms with van der Waals surface area (Å²) in [5, 5.41) is 17.6. The van der Waals surface area contributed by atoms with E-state index in [1.165, 1.54) is 12.1 Å². The van der Waals surface area contributed by atoms with Crippen molar-refractivity contribution < 1.29 is 13.9 Å². The summed E-state index contributed by atoms with van der Waals surface area (Å²) in [5.74, 6) is 0.728. The smallest absolute Gasteiger partial charge is 0.295 e. The number of fused-ring (bicyclic) bond motifs is 1. The number of rotatable bonds is 4. The number of nitrogens with one attached hydrogen (secondary N) is 1. The highest BCUT2D eigenvalue weighted by molar-refractivity contribution is 5.77. The highest BCUT2D eigenvalue weighted by Crippen LogP contribution is 2.24. The highest BCUT2D eigenvalue weighted by atomic mass is 16.6. The average Bonchev–Trinajstić information content (AvgIpc) is 2.99. The Morgan fingerprint density at radius 2 is 2.19 bits per heavy atom. The SMILES string of the molecule is Cc1noc(C)c1CNc1nc2ccc([N+](=O)[O-])cc2o1. The largest absolute Gasteiger partial charge is 0.423 e. The topological polar surface area (TPSA) is 107 Å². The molecule has 8 heteroatoms. The summed E-state index contributed by atoms with van der Waals surface area (Å²) in [4.78, 5) is 14.5. The minimum Gasteiger partial charge on any atom is -0.423 e. The third-order valence-corrected chi connectivity index (χ3v) is 3.18. The maximum atomic E-state index is 10.7. The van der Waals surface area contributed by atoms with E-state index >= 15 is 0 Å². The predicted octanol–water partition coefficient (Wildman–Crippen LogP) is 2.95. The third-order valence-electron chi connectivity index (χ3n) is 3.18. The van der Waals surface area contributed by atoms with Crippen LogP contribution in [0.4, 0.5) is 11.7 Å². The van der Waals surface area contributed by atoms with Gasteiger partial charge in [-0.05, 0) is 19.9 Å². The van der Waals surface area contributed by atoms with Gasteiger partial charge in [0.05, 0.1) is 16.7 Å². The molecule has 0 aliphatic rings. The number of aryl methyl sites for hydroxylation is 2. The summed E-state index contributed by atoms with van der Waals surface area (Å²) in [5.41, 5.74) is 2.62. The number of nitro benzene ring substituents is 1. The minimum absolute atomic E-state index is 0.0316. The zero-order valence-electron chi connectivity index (χ0n) is 11.4. The van der Waals surface area contributed by atoms with Crippen molar-refractivity contribution in [2.75, 3.05) is 5.32 Å². The molecule has 1 aromatic carbocycles. The molecule has 3 aromatic rings. The lowest BCUT2D eigenvalue weighted by Crippen LogP contribution is -2.01. The number of anilines is 1. The lowest BCUT2D eigenvalue weighted by atomic mass is 10.2. The van der Waals surface area contributed by atoms with E-state index < -0.39 is 4.92 Å². The van der Waals surface area contributed by atoms with E-state index in [2.05, 4.69) is 15.5 Å². The zero-order chi connectivity index (χ0) is 15.0. The summed E-state index contributed by atoms with van der Waals surface area (Å²) in [6, 6.07) is 4.59. The van der Waals surface area contributed by atoms with Crippen molar-refractivity contribution in [1.82, 2.24) is 10.1 Å². The van der Waals surface area contributed by atoms with Gasteiger partial charge in [-0.3, -0.25) is 10.1 Å². The molecule has 21 heavy (non-hydrogen) atoms. The van der Waals surface area contributed by atoms with Crippen LogP contribution < -0.4 is 5.32 Å². The number of non-ortho nitro benzene ring substituents is 1. The van der Waals surface area contributed by atoms with Crippen molar-refractivity contribution in [2.45, 2.75) is 20.4 Å². The lowest BCUT2D eigenvalue weighted by molar-refractivity contribution is -0.384. The van der Waals surface area contributed by atoms with Crippen LogP contribution in [0.5, 0.6) is 0 Å². The van der Waals surface area contributed by atoms with Crippen molar-refractivity contribution in [3.05, 3.63) is 45.3 Å². The van der Waals surface area contributed by atoms with E-state index in [0.717, 1.165) is 17.0 Å². The van der Waals surface area contributed by atoms with Crippen LogP contribution in [0.3, 0.4) is 0 Å². The first-order chi connectivity index (χ1) is 10.0. The van der Waals surface area contributed by atoms with Gasteiger partial charge >= 0.3 is 0 Å². The van der Waals surface area contributed by atoms with Gasteiger partial charge in [0.15, 0.2) is 5.58 Å². The Hall–Kier alpha value is -2.90. The molecular weight excluding hydrogens is 276 g/mol. The fourth-order valence-corrected chi connectivity index (χ4v) is 2.02. The quantitative estimate of drug-likeness (QED) is 0.580. The molecule has 0 unspecified atom stereocenters. The number of hydrogen-bond donors (Lipinski definition) is 1. The molecule has 0 fully saturated rings. The normalized spacial score (nSPS) is 11.0. The fraction of sp³-hybridized carbons (Fsp3) is 0.231. The summed E-state index contributed by atoms with van der Waals surface area (Å²) in [7, 11) is 0. The summed E-state index contributed by atoms with van der Waals surface area (Å²) < 4.78 is 10.5. The van der Waals surface area contributed by atoms with Crippen LogP contribution in [0.1, 0.15) is 17.0 Å². The molecular formula is C13H12N4O4. The van der Waals surface area contributed by atoms with Crippen molar-refractivity contribution in [2.24, 2.45) is 0 Å². The van der Waals surface area contributed by atoms with Gasteiger partial charge in [0.2, 0.25) is 0 Å². The van der Waals surface area contributed by atoms with Gasteiger partial charge in [-0.15, -0.1) is 0 Å². The maximum Gasteiger partial charge on any atom is 0.295 e. The minimum atomic E-state index is -0.473. The molecule has 3 rings (SSSR count). The van der Waals surface area contributed by atoms with Gasteiger partial charge in [0.25, 0.3) is 11.7 Å². The van der Waals surface area contributed by atoms with Crippen LogP contribution in [-0.4, -0.2) is 15.1 Å². The number of benzene rings is 1. The molecule has 1 N–H and O–H groups in total. The monoisotopic (exact) mass is 288 g/mol. The zero-order valence-corrected chi connectivity index (χ0v) is 11.4. The first-order valence-corrected chi connectivity index (χ1v) is 6.25. The Labute approximate surface area is 118 Å². The molecule has 0 amide bonds. The van der Waals surface area contributed by atoms with Crippen molar-refractivity contribution in [1.29, 1.82) is 0 Å². The van der Waals surface area contributed by atoms with Crippen LogP contribution in [-0.2, 0) is 6.54 Å². The molecule has 2 aromatic heterocycles. The molecule has 0 bridgehead atoms. The molecule has 0 atom stereocenters. The number of nitrogens with zero attached hydrogens (tertiary/aromatic N) is 3. The summed E-state index contributed by atoms with van der Waals surface area (Å²) in [6.45, 7) is 4.13. The molecule has 0 spiro atoms. The van der Waals surface area contributed by atoms with E-state index in [1.54, 1.807) is 6.07 Å². The van der Waals surface area contributed by atoms with Crippen molar-refractivity contribution in [3.8, 4) is 0 Å². The molecule has 0 saturated heterocycles. The summed E-state index contributed by atoms with van der Waals surface area (Å²) in [6.07, 6.45) is 0. The first kappa shape index (κ1) is 13.1. The van der Waals surface area contributed by atoms with Crippen LogP contribution in [0.2, 0.25) is 0 Å². The second-order valence-corrected chi connectivity index (χ2v) is 4.58. The molecule has 0 radical (unpaired) electrons. The average molecular weight is 288 g/mol. The van der Waals surface area contributed by atoms with E-state index in [1.807, 2.05) is 13.8 Å². The van der Waals surface area contributed by atoms with Crippen molar-refractivity contribution >= 4 is 22.8 Å². The molecule has 8 nitrogen and oxygen atoms in total. The number of nitro groups is 1. The molecule has 2 heterocycles. The van der Waals surface area contributed by atoms with E-state index in [4.69, 9.17) is 8.94 Å². The summed E-state index contributed by atoms with van der Waals surface area (Å²) >= 11 is 0. The Morgan fingerprint density at radius 1 is 1.38 bits per heavy atom. The lowest BCUT2D eigenvalue weighted by Gasteiger charge is -2.00. The van der Waals surface area contributed by atoms with Gasteiger partial charge in [0.1, 0.15) is 11.3 Å². The Morgan fingerprint density at radius 3 is 2.86 bits per heavy atom. The van der Waals surface area contributed by atoms with Crippen molar-refractivity contribution in [3.63, 3.8) is 0 Å². The maximum absolute atomic E-state index is 10.7. The Bertz CT molecular complexity index is 801. The van der Waals surface area contributed by atoms with Crippen LogP contribution in [0, 0.1) is 24.0 Å². The first-order valence-electron chi connectivity index (χ1n) is 6.25. The predicted molar refractivity (Wildman–Crippen MR) is 74.0 cm³/mol. The van der Waals surface area contributed by atoms with E-state index in [0.29, 0.717) is 23.7 Å². The van der Waals surface area contributed by atoms with Gasteiger partial charge in [-0.25, -0.2) is 0 Å².